The Kier molecular flexibility index (Phi) is 6.71. The molecule has 1 aliphatic heterocycles. The number of hydrogen-bond donors (Lipinski definition) is 2. The van der Waals surface area contributed by atoms with Gasteiger partial charge in [-0.1, -0.05) is 24.3 Å². The predicted octanol–water partition coefficient (Wildman–Crippen LogP) is 5.55. The Hall–Kier alpha value is -3.38. The van der Waals surface area contributed by atoms with Gasteiger partial charge in [-0.25, -0.2) is 4.39 Å². The van der Waals surface area contributed by atoms with Gasteiger partial charge in [0, 0.05) is 23.7 Å². The van der Waals surface area contributed by atoms with Crippen molar-refractivity contribution >= 4 is 5.71 Å². The van der Waals surface area contributed by atoms with Gasteiger partial charge in [0.15, 0.2) is 11.5 Å². The Morgan fingerprint density at radius 2 is 1.75 bits per heavy atom. The number of aliphatic imine (C=N–C) groups is 1. The molecule has 0 amide bonds. The molecule has 0 spiro atoms. The van der Waals surface area contributed by atoms with Crippen LogP contribution < -0.4 is 14.8 Å². The Morgan fingerprint density at radius 3 is 2.47 bits per heavy atom. The quantitative estimate of drug-likeness (QED) is 0.512. The van der Waals surface area contributed by atoms with Gasteiger partial charge in [-0.15, -0.1) is 0 Å². The first kappa shape index (κ1) is 21.8. The van der Waals surface area contributed by atoms with Crippen molar-refractivity contribution in [1.29, 1.82) is 0 Å². The van der Waals surface area contributed by atoms with Gasteiger partial charge in [0.25, 0.3) is 0 Å². The maximum atomic E-state index is 13.9. The standard InChI is InChI=1S/C26H27FN2O3/c1-3-31-20-13-11-17(12-14-20)22-16-23(21-9-6-10-24(25(21)30)32-4-2)29-26(28-22)18-7-5-8-19(27)15-18/h5-15,23,26,29-30H,3-4,16H2,1-2H3/t23-,26+/m0/s1. The Labute approximate surface area is 187 Å². The summed E-state index contributed by atoms with van der Waals surface area (Å²) in [4.78, 5) is 4.89. The summed E-state index contributed by atoms with van der Waals surface area (Å²) in [6.45, 7) is 4.88. The average Bonchev–Trinajstić information content (AvgIpc) is 2.81. The van der Waals surface area contributed by atoms with Crippen molar-refractivity contribution in [3.8, 4) is 17.2 Å². The second-order valence-electron chi connectivity index (χ2n) is 7.54. The van der Waals surface area contributed by atoms with E-state index in [9.17, 15) is 9.50 Å². The molecule has 0 fully saturated rings. The number of ether oxygens (including phenoxy) is 2. The number of rotatable bonds is 7. The third-order valence-electron chi connectivity index (χ3n) is 5.41. The number of hydrogen-bond acceptors (Lipinski definition) is 5. The zero-order chi connectivity index (χ0) is 22.5. The lowest BCUT2D eigenvalue weighted by Crippen LogP contribution is -2.33. The monoisotopic (exact) mass is 434 g/mol. The number of benzene rings is 3. The minimum absolute atomic E-state index is 0.109. The van der Waals surface area contributed by atoms with E-state index in [1.54, 1.807) is 12.1 Å². The number of nitrogens with zero attached hydrogens (tertiary/aromatic N) is 1. The maximum Gasteiger partial charge on any atom is 0.162 e. The molecule has 0 saturated heterocycles. The number of phenols is 1. The van der Waals surface area contributed by atoms with Gasteiger partial charge in [0.1, 0.15) is 17.7 Å². The summed E-state index contributed by atoms with van der Waals surface area (Å²) >= 11 is 0. The highest BCUT2D eigenvalue weighted by molar-refractivity contribution is 6.01. The molecule has 0 saturated carbocycles. The van der Waals surface area contributed by atoms with E-state index < -0.39 is 6.17 Å². The van der Waals surface area contributed by atoms with Crippen molar-refractivity contribution in [1.82, 2.24) is 5.32 Å². The van der Waals surface area contributed by atoms with Crippen LogP contribution in [0.4, 0.5) is 4.39 Å². The first-order chi connectivity index (χ1) is 15.6. The molecule has 3 aromatic rings. The molecule has 0 unspecified atom stereocenters. The van der Waals surface area contributed by atoms with Crippen LogP contribution in [0.2, 0.25) is 0 Å². The fourth-order valence-electron chi connectivity index (χ4n) is 3.93. The van der Waals surface area contributed by atoms with Crippen LogP contribution in [0.25, 0.3) is 0 Å². The van der Waals surface area contributed by atoms with Crippen molar-refractivity contribution in [3.05, 3.63) is 89.2 Å². The summed E-state index contributed by atoms with van der Waals surface area (Å²) in [5.41, 5.74) is 3.27. The smallest absolute Gasteiger partial charge is 0.162 e. The number of halogens is 1. The average molecular weight is 435 g/mol. The van der Waals surface area contributed by atoms with Gasteiger partial charge in [0.05, 0.1) is 13.2 Å². The van der Waals surface area contributed by atoms with Crippen LogP contribution in [-0.4, -0.2) is 24.0 Å². The lowest BCUT2D eigenvalue weighted by Gasteiger charge is -2.31. The van der Waals surface area contributed by atoms with Gasteiger partial charge in [-0.2, -0.15) is 0 Å². The first-order valence-electron chi connectivity index (χ1n) is 10.8. The van der Waals surface area contributed by atoms with E-state index in [1.165, 1.54) is 12.1 Å². The lowest BCUT2D eigenvalue weighted by molar-refractivity contribution is 0.313. The highest BCUT2D eigenvalue weighted by atomic mass is 19.1. The third kappa shape index (κ3) is 4.75. The summed E-state index contributed by atoms with van der Waals surface area (Å²) in [6, 6.07) is 19.5. The molecule has 1 aliphatic rings. The van der Waals surface area contributed by atoms with Gasteiger partial charge in [-0.3, -0.25) is 10.3 Å². The Morgan fingerprint density at radius 1 is 1.00 bits per heavy atom. The van der Waals surface area contributed by atoms with Crippen LogP contribution in [-0.2, 0) is 0 Å². The molecule has 1 heterocycles. The number of para-hydroxylation sites is 1. The minimum atomic E-state index is -0.457. The van der Waals surface area contributed by atoms with Gasteiger partial charge >= 0.3 is 0 Å². The molecule has 6 heteroatoms. The zero-order valence-electron chi connectivity index (χ0n) is 18.2. The van der Waals surface area contributed by atoms with Gasteiger partial charge in [0.2, 0.25) is 0 Å². The summed E-state index contributed by atoms with van der Waals surface area (Å²) in [5, 5.41) is 14.3. The van der Waals surface area contributed by atoms with E-state index in [0.717, 1.165) is 28.2 Å². The summed E-state index contributed by atoms with van der Waals surface area (Å²) in [5.74, 6) is 1.04. The fraction of sp³-hybridized carbons (Fsp3) is 0.269. The SMILES string of the molecule is CCOc1ccc(C2=N[C@@H](c3cccc(F)c3)N[C@H](c3cccc(OCC)c3O)C2)cc1. The third-order valence-corrected chi connectivity index (χ3v) is 5.41. The molecule has 2 N–H and O–H groups in total. The van der Waals surface area contributed by atoms with E-state index in [0.29, 0.717) is 25.4 Å². The van der Waals surface area contributed by atoms with Crippen LogP contribution >= 0.6 is 0 Å². The molecule has 5 nitrogen and oxygen atoms in total. The lowest BCUT2D eigenvalue weighted by atomic mass is 9.93. The second kappa shape index (κ2) is 9.83. The van der Waals surface area contributed by atoms with Crippen molar-refractivity contribution < 1.29 is 19.0 Å². The fourth-order valence-corrected chi connectivity index (χ4v) is 3.93. The summed E-state index contributed by atoms with van der Waals surface area (Å²) in [7, 11) is 0. The predicted molar refractivity (Wildman–Crippen MR) is 123 cm³/mol. The topological polar surface area (TPSA) is 63.1 Å². The Balaban J connectivity index is 1.72. The molecule has 0 aliphatic carbocycles. The largest absolute Gasteiger partial charge is 0.504 e. The van der Waals surface area contributed by atoms with Crippen LogP contribution in [0.3, 0.4) is 0 Å². The molecule has 2 atom stereocenters. The van der Waals surface area contributed by atoms with Gasteiger partial charge < -0.3 is 14.6 Å². The van der Waals surface area contributed by atoms with Crippen molar-refractivity contribution in [2.45, 2.75) is 32.5 Å². The number of aromatic hydroxyl groups is 1. The molecular formula is C26H27FN2O3. The maximum absolute atomic E-state index is 13.9. The molecule has 166 valence electrons. The number of phenolic OH excluding ortho intramolecular Hbond substituents is 1. The minimum Gasteiger partial charge on any atom is -0.504 e. The highest BCUT2D eigenvalue weighted by Crippen LogP contribution is 2.39. The molecule has 0 aromatic heterocycles. The molecule has 4 rings (SSSR count). The van der Waals surface area contributed by atoms with Crippen LogP contribution in [0, 0.1) is 5.82 Å². The van der Waals surface area contributed by atoms with Crippen molar-refractivity contribution in [2.24, 2.45) is 4.99 Å². The van der Waals surface area contributed by atoms with Crippen LogP contribution in [0.15, 0.2) is 71.7 Å². The molecule has 3 aromatic carbocycles. The molecule has 0 bridgehead atoms. The molecule has 0 radical (unpaired) electrons. The van der Waals surface area contributed by atoms with E-state index in [1.807, 2.05) is 56.3 Å². The van der Waals surface area contributed by atoms with Crippen LogP contribution in [0.1, 0.15) is 49.2 Å². The normalized spacial score (nSPS) is 18.2. The Bertz CT molecular complexity index is 1100. The first-order valence-corrected chi connectivity index (χ1v) is 10.8. The van der Waals surface area contributed by atoms with Gasteiger partial charge in [-0.05, 0) is 67.4 Å². The molecular weight excluding hydrogens is 407 g/mol. The number of nitrogens with one attached hydrogen (secondary N) is 1. The second-order valence-corrected chi connectivity index (χ2v) is 7.54. The zero-order valence-corrected chi connectivity index (χ0v) is 18.2. The van der Waals surface area contributed by atoms with E-state index >= 15 is 0 Å². The van der Waals surface area contributed by atoms with E-state index in [-0.39, 0.29) is 17.6 Å². The van der Waals surface area contributed by atoms with Crippen LogP contribution in [0.5, 0.6) is 17.2 Å². The highest BCUT2D eigenvalue weighted by Gasteiger charge is 2.28. The van der Waals surface area contributed by atoms with Crippen molar-refractivity contribution in [2.75, 3.05) is 13.2 Å². The van der Waals surface area contributed by atoms with E-state index in [2.05, 4.69) is 5.32 Å². The molecule has 32 heavy (non-hydrogen) atoms. The van der Waals surface area contributed by atoms with Crippen molar-refractivity contribution in [3.63, 3.8) is 0 Å². The summed E-state index contributed by atoms with van der Waals surface area (Å²) in [6.07, 6.45) is 0.101. The van der Waals surface area contributed by atoms with E-state index in [4.69, 9.17) is 14.5 Å². The summed E-state index contributed by atoms with van der Waals surface area (Å²) < 4.78 is 25.1.